The first-order chi connectivity index (χ1) is 12.7. The van der Waals surface area contributed by atoms with E-state index in [9.17, 15) is 10.1 Å². The summed E-state index contributed by atoms with van der Waals surface area (Å²) in [5.74, 6) is 0.417. The molecule has 0 bridgehead atoms. The van der Waals surface area contributed by atoms with Gasteiger partial charge in [0.05, 0.1) is 22.6 Å². The van der Waals surface area contributed by atoms with Crippen LogP contribution in [0.1, 0.15) is 11.3 Å². The Morgan fingerprint density at radius 3 is 2.65 bits per heavy atom. The minimum absolute atomic E-state index is 0.0408. The van der Waals surface area contributed by atoms with E-state index in [-0.39, 0.29) is 11.8 Å². The van der Waals surface area contributed by atoms with E-state index in [1.54, 1.807) is 24.3 Å². The van der Waals surface area contributed by atoms with Crippen LogP contribution in [-0.4, -0.2) is 34.2 Å². The molecule has 0 aliphatic carbocycles. The van der Waals surface area contributed by atoms with Crippen molar-refractivity contribution in [2.45, 2.75) is 6.10 Å². The first-order valence-corrected chi connectivity index (χ1v) is 8.13. The van der Waals surface area contributed by atoms with Crippen molar-refractivity contribution < 1.29 is 14.4 Å². The summed E-state index contributed by atoms with van der Waals surface area (Å²) in [5, 5.41) is 10.9. The molecule has 1 atom stereocenters. The zero-order valence-electron chi connectivity index (χ0n) is 13.7. The molecule has 26 heavy (non-hydrogen) atoms. The van der Waals surface area contributed by atoms with Gasteiger partial charge in [-0.2, -0.15) is 0 Å². The first kappa shape index (κ1) is 16.2. The fourth-order valence-electron chi connectivity index (χ4n) is 2.47. The quantitative estimate of drug-likeness (QED) is 0.384. The third kappa shape index (κ3) is 3.68. The molecule has 0 N–H and O–H groups in total. The van der Waals surface area contributed by atoms with Gasteiger partial charge in [0.2, 0.25) is 5.88 Å². The Morgan fingerprint density at radius 2 is 1.92 bits per heavy atom. The number of nitrogens with zero attached hydrogens (tertiary/aromatic N) is 3. The number of aromatic nitrogens is 2. The van der Waals surface area contributed by atoms with Crippen molar-refractivity contribution in [3.8, 4) is 5.88 Å². The first-order valence-electron chi connectivity index (χ1n) is 8.13. The monoisotopic (exact) mass is 349 g/mol. The lowest BCUT2D eigenvalue weighted by Crippen LogP contribution is -2.07. The molecule has 7 heteroatoms. The number of benzene rings is 2. The van der Waals surface area contributed by atoms with E-state index >= 15 is 0 Å². The highest BCUT2D eigenvalue weighted by Crippen LogP contribution is 2.23. The Hall–Kier alpha value is -3.32. The molecule has 0 saturated carbocycles. The van der Waals surface area contributed by atoms with Gasteiger partial charge in [0.15, 0.2) is 0 Å². The third-order valence-electron chi connectivity index (χ3n) is 3.89. The number of hydrogen-bond acceptors (Lipinski definition) is 6. The van der Waals surface area contributed by atoms with Gasteiger partial charge in [0, 0.05) is 12.1 Å². The topological polar surface area (TPSA) is 90.7 Å². The smallest absolute Gasteiger partial charge is 0.270 e. The van der Waals surface area contributed by atoms with Gasteiger partial charge in [0.25, 0.3) is 5.69 Å². The molecule has 0 unspecified atom stereocenters. The normalized spacial score (nSPS) is 16.1. The van der Waals surface area contributed by atoms with Gasteiger partial charge < -0.3 is 9.47 Å². The second kappa shape index (κ2) is 6.89. The molecule has 1 aliphatic heterocycles. The molecule has 4 rings (SSSR count). The fraction of sp³-hybridized carbons (Fsp3) is 0.158. The zero-order chi connectivity index (χ0) is 17.9. The number of nitro groups is 1. The molecule has 0 spiro atoms. The summed E-state index contributed by atoms with van der Waals surface area (Å²) in [7, 11) is 0. The van der Waals surface area contributed by atoms with E-state index < -0.39 is 4.92 Å². The Balaban J connectivity index is 1.67. The van der Waals surface area contributed by atoms with Crippen LogP contribution in [0.4, 0.5) is 5.69 Å². The second-order valence-electron chi connectivity index (χ2n) is 5.85. The molecule has 1 fully saturated rings. The predicted octanol–water partition coefficient (Wildman–Crippen LogP) is 3.49. The van der Waals surface area contributed by atoms with E-state index in [0.29, 0.717) is 30.4 Å². The highest BCUT2D eigenvalue weighted by atomic mass is 16.6. The Kier molecular flexibility index (Phi) is 4.28. The average Bonchev–Trinajstić information content (AvgIpc) is 3.49. The predicted molar refractivity (Wildman–Crippen MR) is 96.8 cm³/mol. The summed E-state index contributed by atoms with van der Waals surface area (Å²) in [6, 6.07) is 13.9. The largest absolute Gasteiger partial charge is 0.473 e. The summed E-state index contributed by atoms with van der Waals surface area (Å²) >= 11 is 0. The molecule has 1 aliphatic rings. The Bertz CT molecular complexity index is 999. The van der Waals surface area contributed by atoms with Crippen LogP contribution in [-0.2, 0) is 4.74 Å². The van der Waals surface area contributed by atoms with Crippen LogP contribution in [0.2, 0.25) is 0 Å². The lowest BCUT2D eigenvalue weighted by atomic mass is 10.2. The number of non-ortho nitro benzene ring substituents is 1. The minimum Gasteiger partial charge on any atom is -0.473 e. The molecule has 3 aromatic rings. The number of nitro benzene ring substituents is 1. The van der Waals surface area contributed by atoms with Crippen LogP contribution >= 0.6 is 0 Å². The van der Waals surface area contributed by atoms with Gasteiger partial charge in [-0.15, -0.1) is 0 Å². The molecule has 2 heterocycles. The molecule has 0 amide bonds. The highest BCUT2D eigenvalue weighted by Gasteiger charge is 2.24. The van der Waals surface area contributed by atoms with Crippen LogP contribution in [0.15, 0.2) is 48.5 Å². The maximum Gasteiger partial charge on any atom is 0.270 e. The number of hydrogen-bond donors (Lipinski definition) is 0. The van der Waals surface area contributed by atoms with Crippen molar-refractivity contribution in [2.24, 2.45) is 0 Å². The molecule has 0 radical (unpaired) electrons. The van der Waals surface area contributed by atoms with Crippen LogP contribution in [0, 0.1) is 10.1 Å². The SMILES string of the molecule is O=[N+]([O-])c1cccc(/C=C/c2nc3ccccc3nc2OC[C@H]2CO2)c1. The maximum absolute atomic E-state index is 10.9. The van der Waals surface area contributed by atoms with E-state index in [4.69, 9.17) is 9.47 Å². The van der Waals surface area contributed by atoms with Gasteiger partial charge in [-0.25, -0.2) is 9.97 Å². The van der Waals surface area contributed by atoms with Gasteiger partial charge in [0.1, 0.15) is 18.4 Å². The fourth-order valence-corrected chi connectivity index (χ4v) is 2.47. The zero-order valence-corrected chi connectivity index (χ0v) is 13.7. The van der Waals surface area contributed by atoms with Crippen molar-refractivity contribution in [2.75, 3.05) is 13.2 Å². The van der Waals surface area contributed by atoms with Gasteiger partial charge in [-0.1, -0.05) is 30.3 Å². The lowest BCUT2D eigenvalue weighted by Gasteiger charge is -2.08. The Labute approximate surface area is 149 Å². The molecule has 1 aromatic heterocycles. The molecule has 1 saturated heterocycles. The minimum atomic E-state index is -0.419. The summed E-state index contributed by atoms with van der Waals surface area (Å²) < 4.78 is 10.9. The summed E-state index contributed by atoms with van der Waals surface area (Å²) in [5.41, 5.74) is 2.80. The Morgan fingerprint density at radius 1 is 1.15 bits per heavy atom. The number of epoxide rings is 1. The van der Waals surface area contributed by atoms with Crippen LogP contribution in [0.25, 0.3) is 23.2 Å². The lowest BCUT2D eigenvalue weighted by molar-refractivity contribution is -0.384. The van der Waals surface area contributed by atoms with E-state index in [1.165, 1.54) is 12.1 Å². The van der Waals surface area contributed by atoms with E-state index in [0.717, 1.165) is 11.0 Å². The molecular weight excluding hydrogens is 334 g/mol. The standard InChI is InChI=1S/C19H15N3O4/c23-22(24)14-5-3-4-13(10-14)8-9-18-19(26-12-15-11-25-15)21-17-7-2-1-6-16(17)20-18/h1-10,15H,11-12H2/b9-8+/t15-/m1/s1. The van der Waals surface area contributed by atoms with E-state index in [1.807, 2.05) is 24.3 Å². The number of fused-ring (bicyclic) bond motifs is 1. The molecule has 2 aromatic carbocycles. The summed E-state index contributed by atoms with van der Waals surface area (Å²) in [6.07, 6.45) is 3.62. The highest BCUT2D eigenvalue weighted by molar-refractivity contribution is 5.79. The van der Waals surface area contributed by atoms with Crippen molar-refractivity contribution in [1.29, 1.82) is 0 Å². The van der Waals surface area contributed by atoms with Gasteiger partial charge >= 0.3 is 0 Å². The van der Waals surface area contributed by atoms with Gasteiger partial charge in [-0.3, -0.25) is 10.1 Å². The van der Waals surface area contributed by atoms with Crippen molar-refractivity contribution >= 4 is 28.9 Å². The van der Waals surface area contributed by atoms with E-state index in [2.05, 4.69) is 9.97 Å². The summed E-state index contributed by atoms with van der Waals surface area (Å²) in [6.45, 7) is 1.12. The van der Waals surface area contributed by atoms with Crippen LogP contribution in [0.3, 0.4) is 0 Å². The number of ether oxygens (including phenoxy) is 2. The van der Waals surface area contributed by atoms with Crippen LogP contribution in [0.5, 0.6) is 5.88 Å². The second-order valence-corrected chi connectivity index (χ2v) is 5.85. The molecule has 7 nitrogen and oxygen atoms in total. The maximum atomic E-state index is 10.9. The summed E-state index contributed by atoms with van der Waals surface area (Å²) in [4.78, 5) is 19.6. The number of rotatable bonds is 6. The average molecular weight is 349 g/mol. The van der Waals surface area contributed by atoms with Crippen molar-refractivity contribution in [1.82, 2.24) is 9.97 Å². The number of para-hydroxylation sites is 2. The van der Waals surface area contributed by atoms with Gasteiger partial charge in [-0.05, 0) is 23.8 Å². The van der Waals surface area contributed by atoms with Crippen molar-refractivity contribution in [3.05, 3.63) is 69.9 Å². The van der Waals surface area contributed by atoms with Crippen LogP contribution < -0.4 is 4.74 Å². The van der Waals surface area contributed by atoms with Crippen molar-refractivity contribution in [3.63, 3.8) is 0 Å². The third-order valence-corrected chi connectivity index (χ3v) is 3.89. The molecule has 130 valence electrons. The molecular formula is C19H15N3O4.